The van der Waals surface area contributed by atoms with Crippen molar-refractivity contribution >= 4 is 17.5 Å². The van der Waals surface area contributed by atoms with Crippen LogP contribution in [-0.4, -0.2) is 19.9 Å². The number of hydrogen-bond acceptors (Lipinski definition) is 2. The molecule has 102 valence electrons. The Labute approximate surface area is 120 Å². The molecule has 0 bridgehead atoms. The minimum Gasteiger partial charge on any atom is -0.378 e. The van der Waals surface area contributed by atoms with E-state index in [1.165, 1.54) is 5.69 Å². The zero-order valence-corrected chi connectivity index (χ0v) is 11.9. The number of anilines is 1. The van der Waals surface area contributed by atoms with Gasteiger partial charge in [0.25, 0.3) is 0 Å². The number of hydrogen-bond donors (Lipinski definition) is 0. The fourth-order valence-electron chi connectivity index (χ4n) is 1.93. The lowest BCUT2D eigenvalue weighted by molar-refractivity contribution is -0.115. The van der Waals surface area contributed by atoms with Crippen molar-refractivity contribution in [3.63, 3.8) is 0 Å². The Morgan fingerprint density at radius 2 is 1.70 bits per heavy atom. The first-order valence-corrected chi connectivity index (χ1v) is 6.68. The molecule has 0 heterocycles. The molecule has 0 saturated heterocycles. The molecular formula is C18H19NO. The first kappa shape index (κ1) is 14.1. The largest absolute Gasteiger partial charge is 0.378 e. The van der Waals surface area contributed by atoms with Crippen LogP contribution in [0.3, 0.4) is 0 Å². The molecule has 0 unspecified atom stereocenters. The third-order valence-corrected chi connectivity index (χ3v) is 3.15. The van der Waals surface area contributed by atoms with Crippen LogP contribution in [0.2, 0.25) is 0 Å². The second-order valence-corrected chi connectivity index (χ2v) is 4.90. The van der Waals surface area contributed by atoms with Crippen LogP contribution in [0.4, 0.5) is 5.69 Å². The third kappa shape index (κ3) is 3.82. The number of nitrogens with zero attached hydrogens (tertiary/aromatic N) is 1. The minimum absolute atomic E-state index is 0.0842. The molecule has 2 nitrogen and oxygen atoms in total. The summed E-state index contributed by atoms with van der Waals surface area (Å²) >= 11 is 0. The monoisotopic (exact) mass is 265 g/mol. The molecule has 0 aromatic heterocycles. The van der Waals surface area contributed by atoms with Crippen LogP contribution in [-0.2, 0) is 4.79 Å². The van der Waals surface area contributed by atoms with Gasteiger partial charge in [-0.25, -0.2) is 0 Å². The highest BCUT2D eigenvalue weighted by atomic mass is 16.1. The maximum absolute atomic E-state index is 11.7. The van der Waals surface area contributed by atoms with Crippen LogP contribution in [0, 0.1) is 5.92 Å². The van der Waals surface area contributed by atoms with E-state index in [0.717, 1.165) is 5.56 Å². The Balaban J connectivity index is 1.91. The van der Waals surface area contributed by atoms with Gasteiger partial charge in [-0.3, -0.25) is 4.79 Å². The highest BCUT2D eigenvalue weighted by Crippen LogP contribution is 2.13. The van der Waals surface area contributed by atoms with E-state index in [2.05, 4.69) is 29.2 Å². The Kier molecular flexibility index (Phi) is 4.72. The van der Waals surface area contributed by atoms with Gasteiger partial charge in [-0.1, -0.05) is 54.7 Å². The van der Waals surface area contributed by atoms with Crippen molar-refractivity contribution < 1.29 is 4.79 Å². The fourth-order valence-corrected chi connectivity index (χ4v) is 1.93. The number of carbonyl (C=O) groups is 1. The van der Waals surface area contributed by atoms with Gasteiger partial charge in [0.2, 0.25) is 0 Å². The minimum atomic E-state index is -0.0842. The van der Waals surface area contributed by atoms with Gasteiger partial charge in [-0.2, -0.15) is 0 Å². The molecule has 0 spiro atoms. The van der Waals surface area contributed by atoms with Gasteiger partial charge in [0.15, 0.2) is 5.78 Å². The van der Waals surface area contributed by atoms with E-state index >= 15 is 0 Å². The summed E-state index contributed by atoms with van der Waals surface area (Å²) in [5.41, 5.74) is 2.29. The summed E-state index contributed by atoms with van der Waals surface area (Å²) in [4.78, 5) is 13.8. The van der Waals surface area contributed by atoms with Gasteiger partial charge in [-0.15, -0.1) is 0 Å². The summed E-state index contributed by atoms with van der Waals surface area (Å²) in [5, 5.41) is 0. The number of ketones is 1. The van der Waals surface area contributed by atoms with Crippen molar-refractivity contribution in [1.82, 2.24) is 0 Å². The van der Waals surface area contributed by atoms with E-state index in [4.69, 9.17) is 0 Å². The Bertz CT molecular complexity index is 562. The lowest BCUT2D eigenvalue weighted by atomic mass is 10.1. The van der Waals surface area contributed by atoms with Gasteiger partial charge < -0.3 is 4.90 Å². The molecule has 20 heavy (non-hydrogen) atoms. The molecule has 1 aliphatic carbocycles. The molecule has 0 radical (unpaired) electrons. The number of carbonyl (C=O) groups excluding carboxylic acids is 1. The lowest BCUT2D eigenvalue weighted by Crippen LogP contribution is -2.07. The maximum Gasteiger partial charge on any atom is 0.166 e. The summed E-state index contributed by atoms with van der Waals surface area (Å²) in [7, 11) is 4.04. The van der Waals surface area contributed by atoms with Crippen LogP contribution in [0.25, 0.3) is 6.08 Å². The summed E-state index contributed by atoms with van der Waals surface area (Å²) in [6.45, 7) is 0. The van der Waals surface area contributed by atoms with Gasteiger partial charge in [0.05, 0.1) is 5.92 Å². The van der Waals surface area contributed by atoms with Crippen LogP contribution >= 0.6 is 0 Å². The topological polar surface area (TPSA) is 20.3 Å². The zero-order chi connectivity index (χ0) is 14.4. The average molecular weight is 265 g/mol. The first-order valence-electron chi connectivity index (χ1n) is 6.68. The molecule has 1 aliphatic rings. The van der Waals surface area contributed by atoms with Crippen LogP contribution in [0.1, 0.15) is 5.56 Å². The maximum atomic E-state index is 11.7. The molecule has 1 aromatic carbocycles. The van der Waals surface area contributed by atoms with Crippen molar-refractivity contribution in [3.8, 4) is 0 Å². The predicted octanol–water partition coefficient (Wildman–Crippen LogP) is 3.63. The van der Waals surface area contributed by atoms with E-state index in [0.29, 0.717) is 0 Å². The standard InChI is InChI=1S/C18H19NO/c1-19(2)17-13-11-15(12-14-17)7-3-6-10-18(20)16-8-4-5-9-16/h3-14,16H,1-2H3/b7-3+,10-6+. The number of benzene rings is 1. The molecule has 0 aliphatic heterocycles. The molecule has 0 N–H and O–H groups in total. The molecule has 0 atom stereocenters. The van der Waals surface area contributed by atoms with E-state index < -0.39 is 0 Å². The molecule has 0 amide bonds. The smallest absolute Gasteiger partial charge is 0.166 e. The van der Waals surface area contributed by atoms with Crippen molar-refractivity contribution in [2.75, 3.05) is 19.0 Å². The highest BCUT2D eigenvalue weighted by molar-refractivity contribution is 5.95. The molecule has 0 saturated carbocycles. The van der Waals surface area contributed by atoms with Gasteiger partial charge in [-0.05, 0) is 23.8 Å². The number of allylic oxidation sites excluding steroid dienone is 7. The van der Waals surface area contributed by atoms with Crippen molar-refractivity contribution in [2.45, 2.75) is 0 Å². The second kappa shape index (κ2) is 6.71. The van der Waals surface area contributed by atoms with E-state index in [1.807, 2.05) is 50.6 Å². The molecule has 2 heteroatoms. The third-order valence-electron chi connectivity index (χ3n) is 3.15. The van der Waals surface area contributed by atoms with Crippen LogP contribution in [0.5, 0.6) is 0 Å². The van der Waals surface area contributed by atoms with Gasteiger partial charge in [0.1, 0.15) is 0 Å². The summed E-state index contributed by atoms with van der Waals surface area (Å²) < 4.78 is 0. The average Bonchev–Trinajstić information content (AvgIpc) is 2.98. The fraction of sp³-hybridized carbons (Fsp3) is 0.167. The number of rotatable bonds is 5. The predicted molar refractivity (Wildman–Crippen MR) is 85.7 cm³/mol. The molecular weight excluding hydrogens is 246 g/mol. The van der Waals surface area contributed by atoms with E-state index in [1.54, 1.807) is 12.2 Å². The second-order valence-electron chi connectivity index (χ2n) is 4.90. The first-order chi connectivity index (χ1) is 9.66. The molecule has 2 rings (SSSR count). The molecule has 1 aromatic rings. The van der Waals surface area contributed by atoms with Crippen LogP contribution < -0.4 is 4.90 Å². The lowest BCUT2D eigenvalue weighted by Gasteiger charge is -2.11. The Morgan fingerprint density at radius 1 is 1.05 bits per heavy atom. The van der Waals surface area contributed by atoms with Gasteiger partial charge >= 0.3 is 0 Å². The van der Waals surface area contributed by atoms with Crippen molar-refractivity contribution in [1.29, 1.82) is 0 Å². The van der Waals surface area contributed by atoms with Crippen molar-refractivity contribution in [2.24, 2.45) is 5.92 Å². The van der Waals surface area contributed by atoms with Crippen LogP contribution in [0.15, 0.2) is 66.8 Å². The molecule has 0 fully saturated rings. The van der Waals surface area contributed by atoms with E-state index in [-0.39, 0.29) is 11.7 Å². The van der Waals surface area contributed by atoms with Gasteiger partial charge in [0, 0.05) is 19.8 Å². The Hall–Kier alpha value is -2.35. The summed E-state index contributed by atoms with van der Waals surface area (Å²) in [5.74, 6) is 0.0293. The quantitative estimate of drug-likeness (QED) is 0.598. The summed E-state index contributed by atoms with van der Waals surface area (Å²) in [6, 6.07) is 8.26. The van der Waals surface area contributed by atoms with E-state index in [9.17, 15) is 4.79 Å². The SMILES string of the molecule is CN(C)c1ccc(/C=C/C=C/C(=O)C2C=CC=C2)cc1. The normalized spacial score (nSPS) is 14.7. The highest BCUT2D eigenvalue weighted by Gasteiger charge is 2.09. The summed E-state index contributed by atoms with van der Waals surface area (Å²) in [6.07, 6.45) is 14.9. The zero-order valence-electron chi connectivity index (χ0n) is 11.9. The Morgan fingerprint density at radius 3 is 2.30 bits per heavy atom. The van der Waals surface area contributed by atoms with Crippen molar-refractivity contribution in [3.05, 3.63) is 72.4 Å².